The van der Waals surface area contributed by atoms with Crippen molar-refractivity contribution in [3.05, 3.63) is 47.5 Å². The minimum atomic E-state index is -2.18. The number of aliphatic hydroxyl groups is 1. The summed E-state index contributed by atoms with van der Waals surface area (Å²) < 4.78 is 44.7. The number of carbonyl (C=O) groups excluding carboxylic acids is 2. The Hall–Kier alpha value is -2.76. The van der Waals surface area contributed by atoms with Gasteiger partial charge in [-0.1, -0.05) is 18.9 Å². The van der Waals surface area contributed by atoms with Gasteiger partial charge in [0.1, 0.15) is 17.7 Å². The van der Waals surface area contributed by atoms with E-state index in [-0.39, 0.29) is 42.6 Å². The lowest BCUT2D eigenvalue weighted by molar-refractivity contribution is -0.216. The van der Waals surface area contributed by atoms with Gasteiger partial charge in [0.05, 0.1) is 18.1 Å². The van der Waals surface area contributed by atoms with Crippen LogP contribution in [0.4, 0.5) is 8.78 Å². The van der Waals surface area contributed by atoms with Crippen LogP contribution >= 0.6 is 0 Å². The van der Waals surface area contributed by atoms with Crippen LogP contribution in [0.5, 0.6) is 0 Å². The summed E-state index contributed by atoms with van der Waals surface area (Å²) in [6.07, 6.45) is 6.71. The lowest BCUT2D eigenvalue weighted by Crippen LogP contribution is -2.69. The SMILES string of the molecule is C#CCOC(=O)[C@@]12CN(Cc3ccc(C)o3)C[C@@H]1CC1[C@@H]3C[C@H](F)C4=CC(=O)C=C[C@]4(C)[C@@]3(F)[C@@H](O)C[C@@]12C. The predicted octanol–water partition coefficient (Wildman–Crippen LogP) is 4.11. The number of ether oxygens (including phenoxy) is 1. The number of terminal acetylenes is 1. The molecule has 0 spiro atoms. The molecule has 0 bridgehead atoms. The quantitative estimate of drug-likeness (QED) is 0.458. The first-order chi connectivity index (χ1) is 18.4. The van der Waals surface area contributed by atoms with Crippen molar-refractivity contribution >= 4 is 11.8 Å². The Morgan fingerprint density at radius 3 is 2.77 bits per heavy atom. The topological polar surface area (TPSA) is 80.0 Å². The number of esters is 1. The fraction of sp³-hybridized carbons (Fsp3) is 0.613. The summed E-state index contributed by atoms with van der Waals surface area (Å²) in [5, 5.41) is 11.7. The molecule has 9 atom stereocenters. The summed E-state index contributed by atoms with van der Waals surface area (Å²) in [5.41, 5.74) is -5.45. The van der Waals surface area contributed by atoms with Gasteiger partial charge in [0.2, 0.25) is 0 Å². The van der Waals surface area contributed by atoms with E-state index in [9.17, 15) is 14.7 Å². The van der Waals surface area contributed by atoms with E-state index in [2.05, 4.69) is 10.8 Å². The van der Waals surface area contributed by atoms with Crippen molar-refractivity contribution in [2.45, 2.75) is 64.5 Å². The second-order valence-corrected chi connectivity index (χ2v) is 12.7. The Kier molecular flexibility index (Phi) is 5.85. The Morgan fingerprint density at radius 1 is 1.31 bits per heavy atom. The highest BCUT2D eigenvalue weighted by Crippen LogP contribution is 2.74. The molecular weight excluding hydrogens is 504 g/mol. The molecule has 0 aromatic carbocycles. The standard InChI is InChI=1S/C31H35F2NO5/c1-5-10-38-27(37)30-17-34(16-21-7-6-18(2)39-21)15-19(30)11-22-23-13-25(32)24-12-20(35)8-9-28(24,3)31(23,33)26(36)14-29(22,30)4/h1,6-9,12,19,22-23,25-26,36H,10-11,13-17H2,2-4H3/t19-,22?,23-,25-,26-,28-,29-,30+,31-/m0/s1. The monoisotopic (exact) mass is 539 g/mol. The molecule has 8 heteroatoms. The zero-order chi connectivity index (χ0) is 28.0. The minimum absolute atomic E-state index is 0.0155. The second-order valence-electron chi connectivity index (χ2n) is 12.7. The van der Waals surface area contributed by atoms with Gasteiger partial charge >= 0.3 is 5.97 Å². The molecule has 1 saturated heterocycles. The summed E-state index contributed by atoms with van der Waals surface area (Å²) in [6, 6.07) is 3.81. The number of carbonyl (C=O) groups is 2. The summed E-state index contributed by atoms with van der Waals surface area (Å²) in [6.45, 7) is 6.65. The van der Waals surface area contributed by atoms with Crippen molar-refractivity contribution in [3.63, 3.8) is 0 Å². The minimum Gasteiger partial charge on any atom is -0.465 e. The lowest BCUT2D eigenvalue weighted by Gasteiger charge is -2.63. The van der Waals surface area contributed by atoms with Crippen molar-refractivity contribution in [2.24, 2.45) is 34.0 Å². The smallest absolute Gasteiger partial charge is 0.315 e. The van der Waals surface area contributed by atoms with Crippen LogP contribution < -0.4 is 0 Å². The van der Waals surface area contributed by atoms with Crippen LogP contribution in [0, 0.1) is 53.3 Å². The third kappa shape index (κ3) is 3.32. The first kappa shape index (κ1) is 26.5. The van der Waals surface area contributed by atoms with Gasteiger partial charge in [0.15, 0.2) is 18.1 Å². The van der Waals surface area contributed by atoms with Gasteiger partial charge in [-0.3, -0.25) is 14.5 Å². The normalized spacial score (nSPS) is 44.6. The summed E-state index contributed by atoms with van der Waals surface area (Å²) >= 11 is 0. The molecule has 1 N–H and O–H groups in total. The molecule has 208 valence electrons. The largest absolute Gasteiger partial charge is 0.465 e. The van der Waals surface area contributed by atoms with Crippen molar-refractivity contribution < 1.29 is 32.6 Å². The number of aliphatic hydroxyl groups excluding tert-OH is 1. The van der Waals surface area contributed by atoms with E-state index in [1.165, 1.54) is 18.2 Å². The second kappa shape index (κ2) is 8.62. The number of allylic oxidation sites excluding steroid dienone is 4. The summed E-state index contributed by atoms with van der Waals surface area (Å²) in [5.74, 6) is 1.74. The zero-order valence-electron chi connectivity index (χ0n) is 22.6. The van der Waals surface area contributed by atoms with Crippen LogP contribution in [0.1, 0.15) is 44.6 Å². The number of hydrogen-bond acceptors (Lipinski definition) is 6. The van der Waals surface area contributed by atoms with Gasteiger partial charge in [0, 0.05) is 24.4 Å². The first-order valence-electron chi connectivity index (χ1n) is 13.8. The van der Waals surface area contributed by atoms with Crippen molar-refractivity contribution in [1.82, 2.24) is 4.90 Å². The number of furan rings is 1. The van der Waals surface area contributed by atoms with Gasteiger partial charge in [0.25, 0.3) is 0 Å². The zero-order valence-corrected chi connectivity index (χ0v) is 22.6. The molecule has 4 aliphatic carbocycles. The molecule has 1 aliphatic heterocycles. The molecule has 1 aromatic rings. The molecule has 3 saturated carbocycles. The number of fused-ring (bicyclic) bond motifs is 7. The summed E-state index contributed by atoms with van der Waals surface area (Å²) in [7, 11) is 0. The number of ketones is 1. The van der Waals surface area contributed by atoms with Gasteiger partial charge < -0.3 is 14.3 Å². The average molecular weight is 540 g/mol. The molecule has 4 fully saturated rings. The predicted molar refractivity (Wildman–Crippen MR) is 138 cm³/mol. The van der Waals surface area contributed by atoms with E-state index < -0.39 is 46.1 Å². The molecule has 6 rings (SSSR count). The van der Waals surface area contributed by atoms with Crippen LogP contribution in [-0.2, 0) is 20.9 Å². The van der Waals surface area contributed by atoms with Gasteiger partial charge in [-0.2, -0.15) is 0 Å². The molecular formula is C31H35F2NO5. The maximum atomic E-state index is 17.5. The van der Waals surface area contributed by atoms with E-state index in [0.29, 0.717) is 26.1 Å². The highest BCUT2D eigenvalue weighted by molar-refractivity contribution is 6.01. The number of rotatable bonds is 4. The molecule has 1 aromatic heterocycles. The lowest BCUT2D eigenvalue weighted by atomic mass is 9.43. The molecule has 0 amide bonds. The van der Waals surface area contributed by atoms with Crippen molar-refractivity contribution in [3.8, 4) is 12.3 Å². The number of nitrogens with zero attached hydrogens (tertiary/aromatic N) is 1. The molecule has 0 radical (unpaired) electrons. The maximum absolute atomic E-state index is 17.5. The van der Waals surface area contributed by atoms with Crippen LogP contribution in [0.3, 0.4) is 0 Å². The number of likely N-dealkylation sites (tertiary alicyclic amines) is 1. The van der Waals surface area contributed by atoms with E-state index in [0.717, 1.165) is 11.5 Å². The van der Waals surface area contributed by atoms with E-state index in [1.807, 2.05) is 26.0 Å². The van der Waals surface area contributed by atoms with E-state index in [4.69, 9.17) is 15.6 Å². The fourth-order valence-electron chi connectivity index (χ4n) is 9.36. The Labute approximate surface area is 227 Å². The number of halogens is 2. The molecule has 1 unspecified atom stereocenters. The third-order valence-electron chi connectivity index (χ3n) is 11.1. The van der Waals surface area contributed by atoms with Crippen LogP contribution in [-0.4, -0.2) is 59.4 Å². The van der Waals surface area contributed by atoms with Gasteiger partial charge in [-0.05, 0) is 80.2 Å². The maximum Gasteiger partial charge on any atom is 0.315 e. The van der Waals surface area contributed by atoms with Crippen LogP contribution in [0.2, 0.25) is 0 Å². The highest BCUT2D eigenvalue weighted by Gasteiger charge is 2.78. The molecule has 6 nitrogen and oxygen atoms in total. The number of hydrogen-bond donors (Lipinski definition) is 1. The molecule has 39 heavy (non-hydrogen) atoms. The molecule has 2 heterocycles. The van der Waals surface area contributed by atoms with Crippen LogP contribution in [0.15, 0.2) is 40.4 Å². The Morgan fingerprint density at radius 2 is 2.08 bits per heavy atom. The number of alkyl halides is 2. The van der Waals surface area contributed by atoms with Crippen molar-refractivity contribution in [1.29, 1.82) is 0 Å². The fourth-order valence-corrected chi connectivity index (χ4v) is 9.36. The average Bonchev–Trinajstić information content (AvgIpc) is 3.53. The third-order valence-corrected chi connectivity index (χ3v) is 11.1. The van der Waals surface area contributed by atoms with Crippen LogP contribution in [0.25, 0.3) is 0 Å². The summed E-state index contributed by atoms with van der Waals surface area (Å²) in [4.78, 5) is 28.2. The van der Waals surface area contributed by atoms with E-state index in [1.54, 1.807) is 6.92 Å². The van der Waals surface area contributed by atoms with E-state index >= 15 is 8.78 Å². The van der Waals surface area contributed by atoms with Gasteiger partial charge in [-0.15, -0.1) is 6.42 Å². The Balaban J connectivity index is 1.41. The number of aryl methyl sites for hydroxylation is 1. The van der Waals surface area contributed by atoms with Crippen molar-refractivity contribution in [2.75, 3.05) is 19.7 Å². The molecule has 5 aliphatic rings. The first-order valence-corrected chi connectivity index (χ1v) is 13.8. The van der Waals surface area contributed by atoms with Gasteiger partial charge in [-0.25, -0.2) is 8.78 Å². The Bertz CT molecular complexity index is 1330. The highest BCUT2D eigenvalue weighted by atomic mass is 19.1.